The Bertz CT molecular complexity index is 649. The van der Waals surface area contributed by atoms with E-state index in [-0.39, 0.29) is 18.4 Å². The molecular formula is C18H23N3O3. The molecule has 1 N–H and O–H groups in total. The third-order valence-electron chi connectivity index (χ3n) is 4.63. The first-order chi connectivity index (χ1) is 11.7. The average Bonchev–Trinajstić information content (AvgIpc) is 2.87. The fourth-order valence-electron chi connectivity index (χ4n) is 3.35. The van der Waals surface area contributed by atoms with Crippen LogP contribution in [0.4, 0.5) is 0 Å². The van der Waals surface area contributed by atoms with Crippen LogP contribution in [0, 0.1) is 0 Å². The van der Waals surface area contributed by atoms with E-state index in [1.54, 1.807) is 0 Å². The summed E-state index contributed by atoms with van der Waals surface area (Å²) in [6, 6.07) is 9.41. The van der Waals surface area contributed by atoms with E-state index in [9.17, 15) is 9.59 Å². The highest BCUT2D eigenvalue weighted by Gasteiger charge is 2.41. The first kappa shape index (κ1) is 16.7. The average molecular weight is 329 g/mol. The molecule has 2 aliphatic rings. The minimum Gasteiger partial charge on any atom is -0.395 e. The van der Waals surface area contributed by atoms with E-state index in [4.69, 9.17) is 5.11 Å². The second kappa shape index (κ2) is 7.15. The highest BCUT2D eigenvalue weighted by atomic mass is 16.3. The molecule has 0 spiro atoms. The van der Waals surface area contributed by atoms with Gasteiger partial charge in [0.15, 0.2) is 0 Å². The number of rotatable bonds is 5. The lowest BCUT2D eigenvalue weighted by molar-refractivity contribution is -0.137. The van der Waals surface area contributed by atoms with Crippen LogP contribution in [0.25, 0.3) is 5.57 Å². The Morgan fingerprint density at radius 2 is 1.67 bits per heavy atom. The Morgan fingerprint density at radius 1 is 1.00 bits per heavy atom. The topological polar surface area (TPSA) is 64.1 Å². The maximum Gasteiger partial charge on any atom is 0.277 e. The van der Waals surface area contributed by atoms with Crippen molar-refractivity contribution in [1.29, 1.82) is 0 Å². The summed E-state index contributed by atoms with van der Waals surface area (Å²) in [5.41, 5.74) is 1.83. The molecule has 0 bridgehead atoms. The van der Waals surface area contributed by atoms with E-state index in [0.29, 0.717) is 37.4 Å². The van der Waals surface area contributed by atoms with Gasteiger partial charge < -0.3 is 10.0 Å². The van der Waals surface area contributed by atoms with Gasteiger partial charge in [-0.15, -0.1) is 0 Å². The first-order valence-corrected chi connectivity index (χ1v) is 8.41. The number of hydrogen-bond acceptors (Lipinski definition) is 5. The molecule has 24 heavy (non-hydrogen) atoms. The second-order valence-electron chi connectivity index (χ2n) is 6.00. The summed E-state index contributed by atoms with van der Waals surface area (Å²) in [4.78, 5) is 31.0. The summed E-state index contributed by atoms with van der Waals surface area (Å²) in [6.45, 7) is 5.90. The number of hydrogen-bond donors (Lipinski definition) is 1. The van der Waals surface area contributed by atoms with E-state index in [1.807, 2.05) is 42.2 Å². The van der Waals surface area contributed by atoms with Crippen LogP contribution in [0.15, 0.2) is 36.0 Å². The largest absolute Gasteiger partial charge is 0.395 e. The number of likely N-dealkylation sites (N-methyl/N-ethyl adjacent to an activating group) is 1. The Morgan fingerprint density at radius 3 is 2.25 bits per heavy atom. The van der Waals surface area contributed by atoms with Crippen molar-refractivity contribution in [3.8, 4) is 0 Å². The van der Waals surface area contributed by atoms with Crippen molar-refractivity contribution >= 4 is 17.4 Å². The van der Waals surface area contributed by atoms with Gasteiger partial charge in [-0.1, -0.05) is 30.3 Å². The third kappa shape index (κ3) is 2.95. The number of amides is 2. The Balaban J connectivity index is 1.93. The van der Waals surface area contributed by atoms with Crippen molar-refractivity contribution in [2.75, 3.05) is 45.9 Å². The van der Waals surface area contributed by atoms with Crippen molar-refractivity contribution in [3.05, 3.63) is 41.6 Å². The van der Waals surface area contributed by atoms with Gasteiger partial charge in [-0.3, -0.25) is 19.4 Å². The van der Waals surface area contributed by atoms with Crippen LogP contribution in [-0.2, 0) is 9.59 Å². The minimum absolute atomic E-state index is 0.138. The summed E-state index contributed by atoms with van der Waals surface area (Å²) in [7, 11) is 0. The van der Waals surface area contributed by atoms with Gasteiger partial charge in [-0.2, -0.15) is 0 Å². The zero-order valence-electron chi connectivity index (χ0n) is 13.9. The predicted molar refractivity (Wildman–Crippen MR) is 90.9 cm³/mol. The fourth-order valence-corrected chi connectivity index (χ4v) is 3.35. The number of imide groups is 1. The lowest BCUT2D eigenvalue weighted by Gasteiger charge is -2.36. The molecule has 0 aromatic heterocycles. The van der Waals surface area contributed by atoms with Crippen LogP contribution >= 0.6 is 0 Å². The van der Waals surface area contributed by atoms with Crippen LogP contribution in [-0.4, -0.2) is 77.5 Å². The van der Waals surface area contributed by atoms with Gasteiger partial charge >= 0.3 is 0 Å². The normalized spacial score (nSPS) is 19.6. The predicted octanol–water partition coefficient (Wildman–Crippen LogP) is 0.396. The molecule has 6 heteroatoms. The van der Waals surface area contributed by atoms with E-state index in [0.717, 1.165) is 18.7 Å². The third-order valence-corrected chi connectivity index (χ3v) is 4.63. The Kier molecular flexibility index (Phi) is 4.97. The number of nitrogens with zero attached hydrogens (tertiary/aromatic N) is 3. The standard InChI is InChI=1S/C18H23N3O3/c1-2-21-17(23)15(14-6-4-3-5-7-14)16(18(21)24)20-10-8-19(9-11-20)12-13-22/h3-7,22H,2,8-13H2,1H3. The molecule has 1 fully saturated rings. The van der Waals surface area contributed by atoms with Crippen molar-refractivity contribution in [3.63, 3.8) is 0 Å². The Hall–Kier alpha value is -2.18. The molecule has 0 saturated carbocycles. The number of carbonyl (C=O) groups is 2. The number of β-amino-alcohol motifs (C(OH)–C–C–N with tert-alkyl or cyclic N) is 1. The fraction of sp³-hybridized carbons (Fsp3) is 0.444. The monoisotopic (exact) mass is 329 g/mol. The van der Waals surface area contributed by atoms with Gasteiger partial charge in [0.1, 0.15) is 5.70 Å². The molecule has 2 aliphatic heterocycles. The first-order valence-electron chi connectivity index (χ1n) is 8.41. The molecular weight excluding hydrogens is 306 g/mol. The highest BCUT2D eigenvalue weighted by Crippen LogP contribution is 2.31. The quantitative estimate of drug-likeness (QED) is 0.792. The van der Waals surface area contributed by atoms with Gasteiger partial charge in [-0.05, 0) is 12.5 Å². The van der Waals surface area contributed by atoms with Crippen LogP contribution in [0.5, 0.6) is 0 Å². The Labute approximate surface area is 142 Å². The molecule has 6 nitrogen and oxygen atoms in total. The molecule has 0 atom stereocenters. The van der Waals surface area contributed by atoms with Gasteiger partial charge in [-0.25, -0.2) is 0 Å². The van der Waals surface area contributed by atoms with E-state index >= 15 is 0 Å². The van der Waals surface area contributed by atoms with Crippen molar-refractivity contribution < 1.29 is 14.7 Å². The summed E-state index contributed by atoms with van der Waals surface area (Å²) in [5, 5.41) is 9.06. The molecule has 2 heterocycles. The van der Waals surface area contributed by atoms with Crippen molar-refractivity contribution in [1.82, 2.24) is 14.7 Å². The van der Waals surface area contributed by atoms with Gasteiger partial charge in [0.05, 0.1) is 12.2 Å². The molecule has 1 aromatic carbocycles. The molecule has 0 unspecified atom stereocenters. The second-order valence-corrected chi connectivity index (χ2v) is 6.00. The zero-order chi connectivity index (χ0) is 17.1. The number of benzene rings is 1. The molecule has 2 amide bonds. The SMILES string of the molecule is CCN1C(=O)C(c2ccccc2)=C(N2CCN(CCO)CC2)C1=O. The minimum atomic E-state index is -0.207. The van der Waals surface area contributed by atoms with Crippen molar-refractivity contribution in [2.45, 2.75) is 6.92 Å². The number of carbonyl (C=O) groups excluding carboxylic acids is 2. The van der Waals surface area contributed by atoms with Crippen LogP contribution in [0.1, 0.15) is 12.5 Å². The van der Waals surface area contributed by atoms with Crippen LogP contribution < -0.4 is 0 Å². The van der Waals surface area contributed by atoms with Crippen LogP contribution in [0.2, 0.25) is 0 Å². The summed E-state index contributed by atoms with van der Waals surface area (Å²) >= 11 is 0. The van der Waals surface area contributed by atoms with Crippen molar-refractivity contribution in [2.24, 2.45) is 0 Å². The molecule has 1 saturated heterocycles. The van der Waals surface area contributed by atoms with Gasteiger partial charge in [0, 0.05) is 39.3 Å². The number of piperazine rings is 1. The molecule has 3 rings (SSSR count). The van der Waals surface area contributed by atoms with E-state index in [2.05, 4.69) is 4.90 Å². The van der Waals surface area contributed by atoms with E-state index in [1.165, 1.54) is 4.90 Å². The highest BCUT2D eigenvalue weighted by molar-refractivity contribution is 6.35. The summed E-state index contributed by atoms with van der Waals surface area (Å²) in [5.74, 6) is -0.404. The zero-order valence-corrected chi connectivity index (χ0v) is 13.9. The summed E-state index contributed by atoms with van der Waals surface area (Å²) in [6.07, 6.45) is 0. The van der Waals surface area contributed by atoms with Crippen LogP contribution in [0.3, 0.4) is 0 Å². The smallest absolute Gasteiger partial charge is 0.277 e. The van der Waals surface area contributed by atoms with Gasteiger partial charge in [0.25, 0.3) is 11.8 Å². The lowest BCUT2D eigenvalue weighted by atomic mass is 10.0. The molecule has 128 valence electrons. The lowest BCUT2D eigenvalue weighted by Crippen LogP contribution is -2.48. The molecule has 1 aromatic rings. The van der Waals surface area contributed by atoms with E-state index < -0.39 is 0 Å². The van der Waals surface area contributed by atoms with Gasteiger partial charge in [0.2, 0.25) is 0 Å². The summed E-state index contributed by atoms with van der Waals surface area (Å²) < 4.78 is 0. The maximum atomic E-state index is 12.8. The number of aliphatic hydroxyl groups excluding tert-OH is 1. The molecule has 0 aliphatic carbocycles. The molecule has 0 radical (unpaired) electrons. The maximum absolute atomic E-state index is 12.8. The number of aliphatic hydroxyl groups is 1.